The number of nitrogens with two attached hydrogens (primary N) is 1. The van der Waals surface area contributed by atoms with Crippen molar-refractivity contribution in [2.75, 3.05) is 6.61 Å². The van der Waals surface area contributed by atoms with Crippen molar-refractivity contribution >= 4 is 0 Å². The summed E-state index contributed by atoms with van der Waals surface area (Å²) in [6.07, 6.45) is 6.06. The van der Waals surface area contributed by atoms with E-state index in [9.17, 15) is 0 Å². The van der Waals surface area contributed by atoms with Gasteiger partial charge in [0, 0.05) is 6.42 Å². The summed E-state index contributed by atoms with van der Waals surface area (Å²) in [5.41, 5.74) is 8.51. The smallest absolute Gasteiger partial charge is 0.107 e. The van der Waals surface area contributed by atoms with E-state index in [1.807, 2.05) is 12.1 Å². The van der Waals surface area contributed by atoms with Crippen LogP contribution in [0.1, 0.15) is 17.2 Å². The Morgan fingerprint density at radius 2 is 2.29 bits per heavy atom. The number of rotatable bonds is 2. The third-order valence-electron chi connectivity index (χ3n) is 2.62. The van der Waals surface area contributed by atoms with Gasteiger partial charge in [-0.05, 0) is 11.1 Å². The highest BCUT2D eigenvalue weighted by Gasteiger charge is 2.29. The van der Waals surface area contributed by atoms with Gasteiger partial charge in [0.1, 0.15) is 6.61 Å². The second kappa shape index (κ2) is 3.83. The minimum atomic E-state index is -0.0282. The molecule has 0 radical (unpaired) electrons. The van der Waals surface area contributed by atoms with E-state index in [1.165, 1.54) is 11.1 Å². The molecule has 2 nitrogen and oxygen atoms in total. The molecule has 0 spiro atoms. The zero-order chi connectivity index (χ0) is 9.97. The van der Waals surface area contributed by atoms with Crippen LogP contribution in [0.4, 0.5) is 0 Å². The van der Waals surface area contributed by atoms with Crippen molar-refractivity contribution in [3.05, 3.63) is 35.4 Å². The van der Waals surface area contributed by atoms with Crippen LogP contribution >= 0.6 is 0 Å². The number of ether oxygens (including phenoxy) is 1. The first-order valence-corrected chi connectivity index (χ1v) is 4.71. The molecule has 0 saturated heterocycles. The fourth-order valence-corrected chi connectivity index (χ4v) is 1.91. The standard InChI is InChI=1S/C12H13NO/c1-2-7-14-11-8-9-5-3-4-6-10(9)12(11)13/h1,3-6,11-12H,7-8,13H2. The van der Waals surface area contributed by atoms with Crippen molar-refractivity contribution in [1.82, 2.24) is 0 Å². The normalized spacial score (nSPS) is 24.3. The van der Waals surface area contributed by atoms with Gasteiger partial charge in [0.25, 0.3) is 0 Å². The summed E-state index contributed by atoms with van der Waals surface area (Å²) in [6.45, 7) is 0.340. The zero-order valence-electron chi connectivity index (χ0n) is 7.94. The Hall–Kier alpha value is -1.30. The lowest BCUT2D eigenvalue weighted by atomic mass is 10.1. The van der Waals surface area contributed by atoms with Crippen molar-refractivity contribution < 1.29 is 4.74 Å². The summed E-state index contributed by atoms with van der Waals surface area (Å²) in [5.74, 6) is 2.46. The molecule has 0 saturated carbocycles. The highest BCUT2D eigenvalue weighted by Crippen LogP contribution is 2.30. The van der Waals surface area contributed by atoms with E-state index in [0.29, 0.717) is 6.61 Å². The molecule has 1 aliphatic carbocycles. The van der Waals surface area contributed by atoms with Crippen molar-refractivity contribution in [3.63, 3.8) is 0 Å². The first-order valence-electron chi connectivity index (χ1n) is 4.71. The fourth-order valence-electron chi connectivity index (χ4n) is 1.91. The van der Waals surface area contributed by atoms with Crippen LogP contribution in [0.5, 0.6) is 0 Å². The largest absolute Gasteiger partial charge is 0.363 e. The van der Waals surface area contributed by atoms with Crippen molar-refractivity contribution in [3.8, 4) is 12.3 Å². The summed E-state index contributed by atoms with van der Waals surface area (Å²) in [4.78, 5) is 0. The van der Waals surface area contributed by atoms with E-state index < -0.39 is 0 Å². The minimum Gasteiger partial charge on any atom is -0.363 e. The number of hydrogen-bond acceptors (Lipinski definition) is 2. The van der Waals surface area contributed by atoms with Crippen LogP contribution < -0.4 is 5.73 Å². The molecule has 1 aromatic carbocycles. The van der Waals surface area contributed by atoms with Crippen LogP contribution in [-0.4, -0.2) is 12.7 Å². The molecule has 2 atom stereocenters. The van der Waals surface area contributed by atoms with Crippen molar-refractivity contribution in [2.24, 2.45) is 5.73 Å². The van der Waals surface area contributed by atoms with E-state index >= 15 is 0 Å². The molecular formula is C12H13NO. The van der Waals surface area contributed by atoms with Crippen molar-refractivity contribution in [2.45, 2.75) is 18.6 Å². The number of terminal acetylenes is 1. The lowest BCUT2D eigenvalue weighted by Crippen LogP contribution is -2.25. The predicted octanol–water partition coefficient (Wildman–Crippen LogP) is 1.26. The highest BCUT2D eigenvalue weighted by atomic mass is 16.5. The summed E-state index contributed by atoms with van der Waals surface area (Å²) >= 11 is 0. The third-order valence-corrected chi connectivity index (χ3v) is 2.62. The molecule has 14 heavy (non-hydrogen) atoms. The van der Waals surface area contributed by atoms with Gasteiger partial charge >= 0.3 is 0 Å². The molecule has 0 amide bonds. The minimum absolute atomic E-state index is 0.0282. The number of benzene rings is 1. The van der Waals surface area contributed by atoms with E-state index in [1.54, 1.807) is 0 Å². The average molecular weight is 187 g/mol. The molecule has 0 fully saturated rings. The molecule has 0 aromatic heterocycles. The summed E-state index contributed by atoms with van der Waals surface area (Å²) in [6, 6.07) is 8.14. The molecule has 0 bridgehead atoms. The van der Waals surface area contributed by atoms with Gasteiger partial charge in [-0.2, -0.15) is 0 Å². The Kier molecular flexibility index (Phi) is 2.53. The third kappa shape index (κ3) is 1.52. The molecule has 1 aromatic rings. The number of fused-ring (bicyclic) bond motifs is 1. The second-order valence-electron chi connectivity index (χ2n) is 3.48. The fraction of sp³-hybridized carbons (Fsp3) is 0.333. The summed E-state index contributed by atoms with van der Waals surface area (Å²) in [7, 11) is 0. The summed E-state index contributed by atoms with van der Waals surface area (Å²) in [5, 5.41) is 0. The van der Waals surface area contributed by atoms with Gasteiger partial charge in [0.2, 0.25) is 0 Å². The van der Waals surface area contributed by atoms with E-state index in [4.69, 9.17) is 16.9 Å². The Labute approximate surface area is 84.1 Å². The van der Waals surface area contributed by atoms with Crippen molar-refractivity contribution in [1.29, 1.82) is 0 Å². The lowest BCUT2D eigenvalue weighted by Gasteiger charge is -2.14. The van der Waals surface area contributed by atoms with Crippen LogP contribution in [-0.2, 0) is 11.2 Å². The molecule has 2 N–H and O–H groups in total. The monoisotopic (exact) mass is 187 g/mol. The SMILES string of the molecule is C#CCOC1Cc2ccccc2C1N. The first-order chi connectivity index (χ1) is 6.83. The Morgan fingerprint density at radius 3 is 3.00 bits per heavy atom. The van der Waals surface area contributed by atoms with Gasteiger partial charge in [-0.25, -0.2) is 0 Å². The molecule has 1 aliphatic rings. The quantitative estimate of drug-likeness (QED) is 0.707. The Bertz CT molecular complexity index is 367. The maximum Gasteiger partial charge on any atom is 0.107 e. The van der Waals surface area contributed by atoms with Gasteiger partial charge < -0.3 is 10.5 Å². The molecule has 2 unspecified atom stereocenters. The van der Waals surface area contributed by atoms with Crippen LogP contribution in [0.15, 0.2) is 24.3 Å². The zero-order valence-corrected chi connectivity index (χ0v) is 7.94. The van der Waals surface area contributed by atoms with Crippen LogP contribution in [0.25, 0.3) is 0 Å². The topological polar surface area (TPSA) is 35.2 Å². The van der Waals surface area contributed by atoms with Gasteiger partial charge in [0.05, 0.1) is 12.1 Å². The van der Waals surface area contributed by atoms with E-state index in [0.717, 1.165) is 6.42 Å². The predicted molar refractivity (Wildman–Crippen MR) is 55.6 cm³/mol. The maximum absolute atomic E-state index is 6.04. The highest BCUT2D eigenvalue weighted by molar-refractivity contribution is 5.36. The average Bonchev–Trinajstić information content (AvgIpc) is 2.54. The summed E-state index contributed by atoms with van der Waals surface area (Å²) < 4.78 is 5.49. The first kappa shape index (κ1) is 9.26. The lowest BCUT2D eigenvalue weighted by molar-refractivity contribution is 0.0672. The molecule has 2 rings (SSSR count). The van der Waals surface area contributed by atoms with Gasteiger partial charge in [-0.1, -0.05) is 30.2 Å². The van der Waals surface area contributed by atoms with Gasteiger partial charge in [0.15, 0.2) is 0 Å². The Balaban J connectivity index is 2.14. The molecule has 0 heterocycles. The molecule has 0 aliphatic heterocycles. The van der Waals surface area contributed by atoms with Crippen LogP contribution in [0.3, 0.4) is 0 Å². The molecule has 72 valence electrons. The van der Waals surface area contributed by atoms with Gasteiger partial charge in [-0.3, -0.25) is 0 Å². The molecular weight excluding hydrogens is 174 g/mol. The van der Waals surface area contributed by atoms with Gasteiger partial charge in [-0.15, -0.1) is 6.42 Å². The second-order valence-corrected chi connectivity index (χ2v) is 3.48. The van der Waals surface area contributed by atoms with E-state index in [-0.39, 0.29) is 12.1 Å². The van der Waals surface area contributed by atoms with Crippen LogP contribution in [0.2, 0.25) is 0 Å². The number of hydrogen-bond donors (Lipinski definition) is 1. The van der Waals surface area contributed by atoms with Crippen LogP contribution in [0, 0.1) is 12.3 Å². The van der Waals surface area contributed by atoms with E-state index in [2.05, 4.69) is 18.1 Å². The molecule has 2 heteroatoms. The Morgan fingerprint density at radius 1 is 1.50 bits per heavy atom. The maximum atomic E-state index is 6.04.